The summed E-state index contributed by atoms with van der Waals surface area (Å²) in [5.41, 5.74) is 2.42. The molecule has 0 nitrogen and oxygen atoms in total. The molecule has 0 saturated heterocycles. The van der Waals surface area contributed by atoms with Crippen LogP contribution in [0, 0.1) is 6.92 Å². The maximum Gasteiger partial charge on any atom is 0.0329 e. The maximum atomic E-state index is 3.71. The van der Waals surface area contributed by atoms with Crippen LogP contribution in [0.5, 0.6) is 0 Å². The van der Waals surface area contributed by atoms with Gasteiger partial charge >= 0.3 is 0 Å². The molecule has 86 valence electrons. The lowest BCUT2D eigenvalue weighted by Crippen LogP contribution is -1.88. The Balaban J connectivity index is 2.86. The first-order chi connectivity index (χ1) is 8.16. The summed E-state index contributed by atoms with van der Waals surface area (Å²) < 4.78 is 2.28. The summed E-state index contributed by atoms with van der Waals surface area (Å²) in [5.74, 6) is 0. The molecule has 2 aromatic carbocycles. The van der Waals surface area contributed by atoms with Crippen molar-refractivity contribution in [3.8, 4) is 0 Å². The van der Waals surface area contributed by atoms with Crippen LogP contribution in [-0.2, 0) is 0 Å². The molecule has 0 atom stereocenters. The van der Waals surface area contributed by atoms with Gasteiger partial charge in [-0.15, -0.1) is 0 Å². The summed E-state index contributed by atoms with van der Waals surface area (Å²) in [6, 6.07) is 8.35. The van der Waals surface area contributed by atoms with Gasteiger partial charge in [0.15, 0.2) is 0 Å². The minimum absolute atomic E-state index is 1.13. The minimum Gasteiger partial charge on any atom is -0.0991 e. The third-order valence-corrected chi connectivity index (χ3v) is 4.64. The molecular weight excluding hydrogens is 340 g/mol. The quantitative estimate of drug-likeness (QED) is 0.593. The topological polar surface area (TPSA) is 0 Å². The maximum absolute atomic E-state index is 3.71. The molecule has 0 unspecified atom stereocenters. The highest BCUT2D eigenvalue weighted by molar-refractivity contribution is 9.11. The van der Waals surface area contributed by atoms with Crippen LogP contribution in [0.2, 0.25) is 0 Å². The molecular formula is C15H12Br2. The molecule has 0 N–H and O–H groups in total. The van der Waals surface area contributed by atoms with Gasteiger partial charge in [-0.05, 0) is 60.7 Å². The molecule has 0 aliphatic carbocycles. The molecule has 17 heavy (non-hydrogen) atoms. The lowest BCUT2D eigenvalue weighted by atomic mass is 10.0. The van der Waals surface area contributed by atoms with E-state index in [-0.39, 0.29) is 0 Å². The second-order valence-corrected chi connectivity index (χ2v) is 5.39. The normalized spacial score (nSPS) is 11.2. The van der Waals surface area contributed by atoms with Crippen molar-refractivity contribution >= 4 is 48.7 Å². The van der Waals surface area contributed by atoms with Gasteiger partial charge in [0.1, 0.15) is 0 Å². The molecule has 0 radical (unpaired) electrons. The Morgan fingerprint density at radius 1 is 1.06 bits per heavy atom. The van der Waals surface area contributed by atoms with Crippen molar-refractivity contribution in [1.82, 2.24) is 0 Å². The van der Waals surface area contributed by atoms with Crippen molar-refractivity contribution in [2.24, 2.45) is 0 Å². The first kappa shape index (κ1) is 12.6. The van der Waals surface area contributed by atoms with Gasteiger partial charge in [-0.25, -0.2) is 0 Å². The van der Waals surface area contributed by atoms with Crippen molar-refractivity contribution < 1.29 is 0 Å². The van der Waals surface area contributed by atoms with Crippen LogP contribution in [0.25, 0.3) is 16.8 Å². The molecule has 0 amide bonds. The second-order valence-electron chi connectivity index (χ2n) is 3.81. The van der Waals surface area contributed by atoms with Gasteiger partial charge in [0.2, 0.25) is 0 Å². The third-order valence-electron chi connectivity index (χ3n) is 2.77. The summed E-state index contributed by atoms with van der Waals surface area (Å²) in [6.45, 7) is 5.82. The second kappa shape index (κ2) is 5.19. The zero-order chi connectivity index (χ0) is 12.4. The molecule has 2 rings (SSSR count). The van der Waals surface area contributed by atoms with E-state index in [0.29, 0.717) is 0 Å². The number of halogens is 2. The third kappa shape index (κ3) is 2.24. The van der Waals surface area contributed by atoms with Gasteiger partial charge < -0.3 is 0 Å². The van der Waals surface area contributed by atoms with Crippen molar-refractivity contribution in [3.05, 3.63) is 63.1 Å². The molecule has 0 bridgehead atoms. The number of hydrogen-bond donors (Lipinski definition) is 0. The van der Waals surface area contributed by atoms with Gasteiger partial charge in [-0.2, -0.15) is 0 Å². The molecule has 0 fully saturated rings. The van der Waals surface area contributed by atoms with Crippen LogP contribution >= 0.6 is 31.9 Å². The van der Waals surface area contributed by atoms with Crippen molar-refractivity contribution in [3.63, 3.8) is 0 Å². The Labute approximate surface area is 118 Å². The molecule has 2 heteroatoms. The highest BCUT2D eigenvalue weighted by Gasteiger charge is 2.11. The number of allylic oxidation sites excluding steroid dienone is 2. The van der Waals surface area contributed by atoms with Crippen LogP contribution in [-0.4, -0.2) is 0 Å². The number of rotatable bonds is 2. The van der Waals surface area contributed by atoms with Crippen molar-refractivity contribution in [2.75, 3.05) is 0 Å². The SMILES string of the molecule is C=C/C=C\c1c(C)c(Br)c2ccccc2c1Br. The molecule has 0 aliphatic rings. The van der Waals surface area contributed by atoms with Crippen LogP contribution in [0.3, 0.4) is 0 Å². The van der Waals surface area contributed by atoms with E-state index < -0.39 is 0 Å². The van der Waals surface area contributed by atoms with E-state index in [1.54, 1.807) is 6.08 Å². The lowest BCUT2D eigenvalue weighted by molar-refractivity contribution is 1.42. The molecule has 0 aliphatic heterocycles. The zero-order valence-corrected chi connectivity index (χ0v) is 12.7. The fraction of sp³-hybridized carbons (Fsp3) is 0.0667. The monoisotopic (exact) mass is 350 g/mol. The minimum atomic E-state index is 1.13. The van der Waals surface area contributed by atoms with E-state index in [9.17, 15) is 0 Å². The molecule has 2 aromatic rings. The summed E-state index contributed by atoms with van der Waals surface area (Å²) in [4.78, 5) is 0. The van der Waals surface area contributed by atoms with E-state index in [0.717, 1.165) is 8.95 Å². The smallest absolute Gasteiger partial charge is 0.0329 e. The number of benzene rings is 2. The van der Waals surface area contributed by atoms with Gasteiger partial charge in [-0.1, -0.05) is 49.1 Å². The average molecular weight is 352 g/mol. The number of fused-ring (bicyclic) bond motifs is 1. The fourth-order valence-electron chi connectivity index (χ4n) is 1.86. The van der Waals surface area contributed by atoms with Crippen LogP contribution in [0.1, 0.15) is 11.1 Å². The Kier molecular flexibility index (Phi) is 3.85. The molecule has 0 saturated carbocycles. The summed E-state index contributed by atoms with van der Waals surface area (Å²) in [6.07, 6.45) is 5.81. The van der Waals surface area contributed by atoms with Crippen molar-refractivity contribution in [1.29, 1.82) is 0 Å². The van der Waals surface area contributed by atoms with Gasteiger partial charge in [0.25, 0.3) is 0 Å². The Hall–Kier alpha value is -0.860. The first-order valence-corrected chi connectivity index (χ1v) is 6.90. The van der Waals surface area contributed by atoms with E-state index in [4.69, 9.17) is 0 Å². The molecule has 0 spiro atoms. The predicted octanol–water partition coefficient (Wildman–Crippen LogP) is 5.87. The van der Waals surface area contributed by atoms with E-state index >= 15 is 0 Å². The van der Waals surface area contributed by atoms with E-state index in [2.05, 4.69) is 75.7 Å². The fourth-order valence-corrected chi connectivity index (χ4v) is 3.19. The van der Waals surface area contributed by atoms with Crippen LogP contribution < -0.4 is 0 Å². The van der Waals surface area contributed by atoms with E-state index in [1.807, 2.05) is 6.08 Å². The first-order valence-electron chi connectivity index (χ1n) is 5.32. The van der Waals surface area contributed by atoms with Crippen LogP contribution in [0.15, 0.2) is 51.9 Å². The Morgan fingerprint density at radius 3 is 2.24 bits per heavy atom. The van der Waals surface area contributed by atoms with Crippen LogP contribution in [0.4, 0.5) is 0 Å². The highest BCUT2D eigenvalue weighted by atomic mass is 79.9. The molecule has 0 aromatic heterocycles. The van der Waals surface area contributed by atoms with Gasteiger partial charge in [-0.3, -0.25) is 0 Å². The Bertz CT molecular complexity index is 610. The van der Waals surface area contributed by atoms with Gasteiger partial charge in [0, 0.05) is 8.95 Å². The highest BCUT2D eigenvalue weighted by Crippen LogP contribution is 2.37. The largest absolute Gasteiger partial charge is 0.0991 e. The average Bonchev–Trinajstić information content (AvgIpc) is 2.36. The lowest BCUT2D eigenvalue weighted by Gasteiger charge is -2.11. The van der Waals surface area contributed by atoms with Gasteiger partial charge in [0.05, 0.1) is 0 Å². The summed E-state index contributed by atoms with van der Waals surface area (Å²) >= 11 is 7.37. The predicted molar refractivity (Wildman–Crippen MR) is 83.3 cm³/mol. The molecule has 0 heterocycles. The zero-order valence-electron chi connectivity index (χ0n) is 9.50. The number of hydrogen-bond acceptors (Lipinski definition) is 0. The summed E-state index contributed by atoms with van der Waals surface area (Å²) in [7, 11) is 0. The van der Waals surface area contributed by atoms with E-state index in [1.165, 1.54) is 21.9 Å². The summed E-state index contributed by atoms with van der Waals surface area (Å²) in [5, 5.41) is 2.45. The standard InChI is InChI=1S/C15H12Br2/c1-3-4-7-11-10(2)14(16)12-8-5-6-9-13(12)15(11)17/h3-9H,1H2,2H3/b7-4-. The van der Waals surface area contributed by atoms with Crippen molar-refractivity contribution in [2.45, 2.75) is 6.92 Å². The Morgan fingerprint density at radius 2 is 1.65 bits per heavy atom.